The van der Waals surface area contributed by atoms with Crippen molar-refractivity contribution in [2.75, 3.05) is 11.1 Å². The van der Waals surface area contributed by atoms with Gasteiger partial charge in [-0.25, -0.2) is 4.79 Å². The zero-order valence-electron chi connectivity index (χ0n) is 18.9. The van der Waals surface area contributed by atoms with Crippen LogP contribution in [-0.4, -0.2) is 17.0 Å². The molecule has 0 aromatic heterocycles. The van der Waals surface area contributed by atoms with E-state index < -0.39 is 5.97 Å². The lowest BCUT2D eigenvalue weighted by Gasteiger charge is -2.08. The molecule has 4 N–H and O–H groups in total. The Bertz CT molecular complexity index is 616. The molecule has 0 aliphatic heterocycles. The molecular formula is C25H42N2O3. The Kier molecular flexibility index (Phi) is 14.5. The minimum absolute atomic E-state index is 0.0808. The molecule has 0 radical (unpaired) electrons. The van der Waals surface area contributed by atoms with E-state index in [2.05, 4.69) is 12.2 Å². The molecule has 1 aromatic carbocycles. The van der Waals surface area contributed by atoms with E-state index in [0.29, 0.717) is 17.8 Å². The minimum Gasteiger partial charge on any atom is -0.478 e. The Morgan fingerprint density at radius 2 is 1.23 bits per heavy atom. The number of hydrogen-bond donors (Lipinski definition) is 3. The Morgan fingerprint density at radius 1 is 0.767 bits per heavy atom. The van der Waals surface area contributed by atoms with Crippen LogP contribution < -0.4 is 11.1 Å². The van der Waals surface area contributed by atoms with Gasteiger partial charge in [-0.15, -0.1) is 0 Å². The number of carbonyl (C=O) groups is 2. The number of rotatable bonds is 18. The third kappa shape index (κ3) is 13.2. The van der Waals surface area contributed by atoms with Crippen molar-refractivity contribution in [2.24, 2.45) is 0 Å². The molecule has 1 aromatic rings. The standard InChI is InChI=1S/C25H42N2O3/c1-2-3-4-5-6-7-8-9-10-11-12-13-14-15-16-17-24(28)27-23-19-21(25(29)30)18-22(26)20-23/h18-20H,2-17,26H2,1H3,(H,27,28)(H,29,30). The molecule has 30 heavy (non-hydrogen) atoms. The first kappa shape index (κ1) is 26.0. The van der Waals surface area contributed by atoms with E-state index in [0.717, 1.165) is 12.8 Å². The zero-order chi connectivity index (χ0) is 22.0. The van der Waals surface area contributed by atoms with E-state index >= 15 is 0 Å². The summed E-state index contributed by atoms with van der Waals surface area (Å²) in [6.07, 6.45) is 19.9. The number of benzene rings is 1. The Balaban J connectivity index is 1.96. The summed E-state index contributed by atoms with van der Waals surface area (Å²) in [5, 5.41) is 11.8. The number of amides is 1. The average molecular weight is 419 g/mol. The molecule has 0 heterocycles. The van der Waals surface area contributed by atoms with Gasteiger partial charge in [0, 0.05) is 17.8 Å². The predicted octanol–water partition coefficient (Wildman–Crippen LogP) is 7.17. The van der Waals surface area contributed by atoms with Crippen molar-refractivity contribution in [3.63, 3.8) is 0 Å². The normalized spacial score (nSPS) is 10.8. The smallest absolute Gasteiger partial charge is 0.335 e. The maximum absolute atomic E-state index is 12.0. The van der Waals surface area contributed by atoms with Crippen molar-refractivity contribution in [1.82, 2.24) is 0 Å². The van der Waals surface area contributed by atoms with Gasteiger partial charge in [0.1, 0.15) is 0 Å². The van der Waals surface area contributed by atoms with Crippen molar-refractivity contribution >= 4 is 23.3 Å². The first-order valence-corrected chi connectivity index (χ1v) is 12.0. The predicted molar refractivity (Wildman–Crippen MR) is 126 cm³/mol. The molecule has 170 valence electrons. The Hall–Kier alpha value is -2.04. The molecule has 1 rings (SSSR count). The van der Waals surface area contributed by atoms with Gasteiger partial charge in [0.05, 0.1) is 5.56 Å². The first-order chi connectivity index (χ1) is 14.5. The highest BCUT2D eigenvalue weighted by atomic mass is 16.4. The summed E-state index contributed by atoms with van der Waals surface area (Å²) < 4.78 is 0. The fourth-order valence-electron chi connectivity index (χ4n) is 3.73. The second-order valence-electron chi connectivity index (χ2n) is 8.40. The SMILES string of the molecule is CCCCCCCCCCCCCCCCCC(=O)Nc1cc(N)cc(C(=O)O)c1. The largest absolute Gasteiger partial charge is 0.478 e. The second-order valence-corrected chi connectivity index (χ2v) is 8.40. The third-order valence-corrected chi connectivity index (χ3v) is 5.49. The molecule has 0 fully saturated rings. The number of nitrogens with one attached hydrogen (secondary N) is 1. The summed E-state index contributed by atoms with van der Waals surface area (Å²) in [4.78, 5) is 23.1. The number of carboxylic acid groups (broad SMARTS) is 1. The van der Waals surface area contributed by atoms with Crippen molar-refractivity contribution in [2.45, 2.75) is 110 Å². The van der Waals surface area contributed by atoms with E-state index in [1.807, 2.05) is 0 Å². The molecule has 5 nitrogen and oxygen atoms in total. The van der Waals surface area contributed by atoms with E-state index in [4.69, 9.17) is 10.8 Å². The molecule has 0 aliphatic rings. The monoisotopic (exact) mass is 418 g/mol. The number of hydrogen-bond acceptors (Lipinski definition) is 3. The maximum atomic E-state index is 12.0. The van der Waals surface area contributed by atoms with E-state index in [1.165, 1.54) is 95.6 Å². The molecule has 0 aliphatic carbocycles. The van der Waals surface area contributed by atoms with Crippen LogP contribution in [0.4, 0.5) is 11.4 Å². The van der Waals surface area contributed by atoms with Crippen molar-refractivity contribution in [1.29, 1.82) is 0 Å². The third-order valence-electron chi connectivity index (χ3n) is 5.49. The highest BCUT2D eigenvalue weighted by Crippen LogP contribution is 2.18. The fourth-order valence-corrected chi connectivity index (χ4v) is 3.73. The van der Waals surface area contributed by atoms with E-state index in [9.17, 15) is 9.59 Å². The fraction of sp³-hybridized carbons (Fsp3) is 0.680. The van der Waals surface area contributed by atoms with Crippen molar-refractivity contribution < 1.29 is 14.7 Å². The van der Waals surface area contributed by atoms with Crippen LogP contribution >= 0.6 is 0 Å². The number of nitrogens with two attached hydrogens (primary N) is 1. The van der Waals surface area contributed by atoms with Gasteiger partial charge < -0.3 is 16.2 Å². The summed E-state index contributed by atoms with van der Waals surface area (Å²) in [5.41, 5.74) is 6.55. The van der Waals surface area contributed by atoms with Crippen molar-refractivity contribution in [3.05, 3.63) is 23.8 Å². The number of carboxylic acids is 1. The lowest BCUT2D eigenvalue weighted by Crippen LogP contribution is -2.12. The number of nitrogen functional groups attached to an aromatic ring is 1. The summed E-state index contributed by atoms with van der Waals surface area (Å²) in [6, 6.07) is 4.40. The summed E-state index contributed by atoms with van der Waals surface area (Å²) in [6.45, 7) is 2.26. The van der Waals surface area contributed by atoms with Crippen LogP contribution in [0.2, 0.25) is 0 Å². The van der Waals surface area contributed by atoms with Crippen LogP contribution in [0.5, 0.6) is 0 Å². The molecule has 0 spiro atoms. The first-order valence-electron chi connectivity index (χ1n) is 12.0. The van der Waals surface area contributed by atoms with Crippen molar-refractivity contribution in [3.8, 4) is 0 Å². The van der Waals surface area contributed by atoms with Crippen LogP contribution in [0.3, 0.4) is 0 Å². The summed E-state index contributed by atoms with van der Waals surface area (Å²) >= 11 is 0. The number of unbranched alkanes of at least 4 members (excludes halogenated alkanes) is 14. The molecule has 0 atom stereocenters. The van der Waals surface area contributed by atoms with Gasteiger partial charge in [-0.05, 0) is 24.6 Å². The Labute approximate surface area is 182 Å². The topological polar surface area (TPSA) is 92.4 Å². The highest BCUT2D eigenvalue weighted by molar-refractivity contribution is 5.95. The van der Waals surface area contributed by atoms with Gasteiger partial charge in [-0.1, -0.05) is 96.8 Å². The minimum atomic E-state index is -1.06. The molecule has 5 heteroatoms. The molecule has 1 amide bonds. The van der Waals surface area contributed by atoms with Gasteiger partial charge in [-0.2, -0.15) is 0 Å². The van der Waals surface area contributed by atoms with Gasteiger partial charge >= 0.3 is 5.97 Å². The van der Waals surface area contributed by atoms with Crippen LogP contribution in [0, 0.1) is 0 Å². The number of aromatic carboxylic acids is 1. The highest BCUT2D eigenvalue weighted by Gasteiger charge is 2.08. The molecule has 0 bridgehead atoms. The lowest BCUT2D eigenvalue weighted by atomic mass is 10.0. The van der Waals surface area contributed by atoms with Crippen LogP contribution in [-0.2, 0) is 4.79 Å². The summed E-state index contributed by atoms with van der Waals surface area (Å²) in [7, 11) is 0. The van der Waals surface area contributed by atoms with Gasteiger partial charge in [0.15, 0.2) is 0 Å². The lowest BCUT2D eigenvalue weighted by molar-refractivity contribution is -0.116. The van der Waals surface area contributed by atoms with Crippen LogP contribution in [0.15, 0.2) is 18.2 Å². The van der Waals surface area contributed by atoms with Crippen LogP contribution in [0.25, 0.3) is 0 Å². The van der Waals surface area contributed by atoms with E-state index in [1.54, 1.807) is 6.07 Å². The maximum Gasteiger partial charge on any atom is 0.335 e. The molecule has 0 saturated heterocycles. The zero-order valence-corrected chi connectivity index (χ0v) is 18.9. The molecule has 0 saturated carbocycles. The van der Waals surface area contributed by atoms with Gasteiger partial charge in [0.2, 0.25) is 5.91 Å². The second kappa shape index (κ2) is 16.7. The summed E-state index contributed by atoms with van der Waals surface area (Å²) in [5.74, 6) is -1.15. The molecular weight excluding hydrogens is 376 g/mol. The van der Waals surface area contributed by atoms with E-state index in [-0.39, 0.29) is 11.5 Å². The molecule has 0 unspecified atom stereocenters. The van der Waals surface area contributed by atoms with Gasteiger partial charge in [-0.3, -0.25) is 4.79 Å². The van der Waals surface area contributed by atoms with Crippen LogP contribution in [0.1, 0.15) is 120 Å². The average Bonchev–Trinajstić information content (AvgIpc) is 2.70. The van der Waals surface area contributed by atoms with Gasteiger partial charge in [0.25, 0.3) is 0 Å². The quantitative estimate of drug-likeness (QED) is 0.174. The number of anilines is 2. The Morgan fingerprint density at radius 3 is 1.70 bits per heavy atom. The number of carbonyl (C=O) groups excluding carboxylic acids is 1.